The van der Waals surface area contributed by atoms with Crippen molar-refractivity contribution in [2.45, 2.75) is 82.6 Å². The first-order valence-corrected chi connectivity index (χ1v) is 15.3. The number of nitrogens with zero attached hydrogens (tertiary/aromatic N) is 3. The number of amides is 4. The molecule has 1 aromatic rings. The van der Waals surface area contributed by atoms with E-state index in [2.05, 4.69) is 15.1 Å². The van der Waals surface area contributed by atoms with Crippen LogP contribution in [-0.4, -0.2) is 83.6 Å². The lowest BCUT2D eigenvalue weighted by Crippen LogP contribution is -2.54. The zero-order chi connectivity index (χ0) is 26.9. The molecule has 4 fully saturated rings. The lowest BCUT2D eigenvalue weighted by Gasteiger charge is -2.39. The van der Waals surface area contributed by atoms with Gasteiger partial charge in [0.25, 0.3) is 11.8 Å². The van der Waals surface area contributed by atoms with Crippen molar-refractivity contribution in [2.75, 3.05) is 39.3 Å². The molecule has 4 aliphatic heterocycles. The van der Waals surface area contributed by atoms with Gasteiger partial charge in [-0.25, -0.2) is 0 Å². The van der Waals surface area contributed by atoms with Crippen molar-refractivity contribution >= 4 is 23.6 Å². The Bertz CT molecular complexity index is 1110. The van der Waals surface area contributed by atoms with Gasteiger partial charge in [-0.15, -0.1) is 0 Å². The van der Waals surface area contributed by atoms with Crippen LogP contribution in [0.5, 0.6) is 0 Å². The highest BCUT2D eigenvalue weighted by atomic mass is 16.2. The first-order chi connectivity index (χ1) is 19.0. The SMILES string of the molecule is O=C1CCC(N2C(=O)c3ccc(C4CCN(CC5CCN(CC6CCCCC6)CC5)CC4)cc3C2=O)C(=O)N1. The molecule has 8 heteroatoms. The van der Waals surface area contributed by atoms with Crippen LogP contribution in [-0.2, 0) is 9.59 Å². The van der Waals surface area contributed by atoms with Gasteiger partial charge in [0.15, 0.2) is 0 Å². The number of benzene rings is 1. The van der Waals surface area contributed by atoms with Crippen molar-refractivity contribution in [1.82, 2.24) is 20.0 Å². The van der Waals surface area contributed by atoms with E-state index in [4.69, 9.17) is 0 Å². The maximum absolute atomic E-state index is 13.2. The summed E-state index contributed by atoms with van der Waals surface area (Å²) in [5, 5.41) is 2.26. The van der Waals surface area contributed by atoms with Gasteiger partial charge in [0.1, 0.15) is 6.04 Å². The maximum atomic E-state index is 13.2. The molecule has 1 unspecified atom stereocenters. The fraction of sp³-hybridized carbons (Fsp3) is 0.677. The second-order valence-electron chi connectivity index (χ2n) is 12.6. The summed E-state index contributed by atoms with van der Waals surface area (Å²) < 4.78 is 0. The largest absolute Gasteiger partial charge is 0.303 e. The third kappa shape index (κ3) is 5.68. The molecule has 1 N–H and O–H groups in total. The van der Waals surface area contributed by atoms with Gasteiger partial charge in [-0.3, -0.25) is 29.4 Å². The molecule has 0 radical (unpaired) electrons. The van der Waals surface area contributed by atoms with Gasteiger partial charge < -0.3 is 9.80 Å². The lowest BCUT2D eigenvalue weighted by atomic mass is 9.86. The van der Waals surface area contributed by atoms with Gasteiger partial charge >= 0.3 is 0 Å². The minimum Gasteiger partial charge on any atom is -0.303 e. The third-order valence-electron chi connectivity index (χ3n) is 9.99. The van der Waals surface area contributed by atoms with Crippen molar-refractivity contribution in [2.24, 2.45) is 11.8 Å². The van der Waals surface area contributed by atoms with Crippen molar-refractivity contribution in [3.05, 3.63) is 34.9 Å². The molecule has 6 rings (SSSR count). The Labute approximate surface area is 231 Å². The quantitative estimate of drug-likeness (QED) is 0.562. The highest BCUT2D eigenvalue weighted by Gasteiger charge is 2.44. The highest BCUT2D eigenvalue weighted by molar-refractivity contribution is 6.23. The Morgan fingerprint density at radius 2 is 1.31 bits per heavy atom. The molecule has 4 heterocycles. The number of carbonyl (C=O) groups excluding carboxylic acids is 4. The molecule has 0 bridgehead atoms. The molecular formula is C31H42N4O4. The van der Waals surface area contributed by atoms with Gasteiger partial charge in [0.2, 0.25) is 11.8 Å². The first-order valence-electron chi connectivity index (χ1n) is 15.3. The molecular weight excluding hydrogens is 492 g/mol. The molecule has 8 nitrogen and oxygen atoms in total. The summed E-state index contributed by atoms with van der Waals surface area (Å²) in [7, 11) is 0. The van der Waals surface area contributed by atoms with Crippen molar-refractivity contribution < 1.29 is 19.2 Å². The molecule has 39 heavy (non-hydrogen) atoms. The summed E-state index contributed by atoms with van der Waals surface area (Å²) in [5.74, 6) is 0.323. The van der Waals surface area contributed by atoms with Crippen LogP contribution in [0.15, 0.2) is 18.2 Å². The van der Waals surface area contributed by atoms with Gasteiger partial charge in [0, 0.05) is 19.5 Å². The Hall–Kier alpha value is -2.58. The second-order valence-corrected chi connectivity index (χ2v) is 12.6. The second kappa shape index (κ2) is 11.5. The molecule has 210 valence electrons. The van der Waals surface area contributed by atoms with Crippen LogP contribution in [0.2, 0.25) is 0 Å². The molecule has 1 aliphatic carbocycles. The van der Waals surface area contributed by atoms with Gasteiger partial charge in [-0.05, 0) is 107 Å². The van der Waals surface area contributed by atoms with E-state index in [0.29, 0.717) is 17.0 Å². The van der Waals surface area contributed by atoms with Crippen LogP contribution in [0.4, 0.5) is 0 Å². The predicted molar refractivity (Wildman–Crippen MR) is 147 cm³/mol. The summed E-state index contributed by atoms with van der Waals surface area (Å²) >= 11 is 0. The van der Waals surface area contributed by atoms with Crippen LogP contribution in [0.1, 0.15) is 103 Å². The number of rotatable bonds is 6. The van der Waals surface area contributed by atoms with E-state index in [0.717, 1.165) is 48.2 Å². The molecule has 5 aliphatic rings. The van der Waals surface area contributed by atoms with Crippen LogP contribution in [0.3, 0.4) is 0 Å². The maximum Gasteiger partial charge on any atom is 0.262 e. The fourth-order valence-electron chi connectivity index (χ4n) is 7.64. The summed E-state index contributed by atoms with van der Waals surface area (Å²) in [6, 6.07) is 4.70. The fourth-order valence-corrected chi connectivity index (χ4v) is 7.64. The van der Waals surface area contributed by atoms with Crippen molar-refractivity contribution in [3.8, 4) is 0 Å². The number of hydrogen-bond donors (Lipinski definition) is 1. The van der Waals surface area contributed by atoms with E-state index < -0.39 is 23.8 Å². The average molecular weight is 535 g/mol. The lowest BCUT2D eigenvalue weighted by molar-refractivity contribution is -0.136. The van der Waals surface area contributed by atoms with E-state index in [-0.39, 0.29) is 18.7 Å². The van der Waals surface area contributed by atoms with Crippen molar-refractivity contribution in [3.63, 3.8) is 0 Å². The minimum absolute atomic E-state index is 0.132. The number of fused-ring (bicyclic) bond motifs is 1. The van der Waals surface area contributed by atoms with Crippen LogP contribution < -0.4 is 5.32 Å². The molecule has 0 spiro atoms. The van der Waals surface area contributed by atoms with E-state index >= 15 is 0 Å². The minimum atomic E-state index is -0.916. The highest BCUT2D eigenvalue weighted by Crippen LogP contribution is 2.34. The molecule has 1 atom stereocenters. The van der Waals surface area contributed by atoms with E-state index in [9.17, 15) is 19.2 Å². The first kappa shape index (κ1) is 26.6. The Morgan fingerprint density at radius 3 is 1.97 bits per heavy atom. The topological polar surface area (TPSA) is 90.0 Å². The zero-order valence-electron chi connectivity index (χ0n) is 23.0. The predicted octanol–water partition coefficient (Wildman–Crippen LogP) is 3.56. The van der Waals surface area contributed by atoms with Crippen molar-refractivity contribution in [1.29, 1.82) is 0 Å². The normalized spacial score (nSPS) is 26.8. The van der Waals surface area contributed by atoms with E-state index in [1.165, 1.54) is 71.1 Å². The zero-order valence-corrected chi connectivity index (χ0v) is 23.0. The Morgan fingerprint density at radius 1 is 0.692 bits per heavy atom. The van der Waals surface area contributed by atoms with Crippen LogP contribution >= 0.6 is 0 Å². The molecule has 3 saturated heterocycles. The standard InChI is InChI=1S/C31H42N4O4/c36-28-9-8-27(29(37)32-28)35-30(38)25-7-6-24(18-26(25)31(35)39)23-12-16-34(17-13-23)20-22-10-14-33(15-11-22)19-21-4-2-1-3-5-21/h6-7,18,21-23,27H,1-5,8-17,19-20H2,(H,32,36,37). The molecule has 1 aromatic carbocycles. The molecule has 0 aromatic heterocycles. The van der Waals surface area contributed by atoms with Gasteiger partial charge in [0.05, 0.1) is 11.1 Å². The molecule has 1 saturated carbocycles. The summed E-state index contributed by atoms with van der Waals surface area (Å²) in [6.07, 6.45) is 12.2. The number of piperidine rings is 3. The number of carbonyl (C=O) groups is 4. The summed E-state index contributed by atoms with van der Waals surface area (Å²) in [4.78, 5) is 56.5. The number of imide groups is 2. The van der Waals surface area contributed by atoms with Gasteiger partial charge in [-0.1, -0.05) is 25.3 Å². The number of nitrogens with one attached hydrogen (secondary N) is 1. The third-order valence-corrected chi connectivity index (χ3v) is 9.99. The van der Waals surface area contributed by atoms with Crippen LogP contribution in [0.25, 0.3) is 0 Å². The van der Waals surface area contributed by atoms with E-state index in [1.807, 2.05) is 12.1 Å². The Kier molecular flexibility index (Phi) is 7.85. The van der Waals surface area contributed by atoms with E-state index in [1.54, 1.807) is 6.07 Å². The molecule has 4 amide bonds. The Balaban J connectivity index is 0.995. The van der Waals surface area contributed by atoms with Crippen LogP contribution in [0, 0.1) is 11.8 Å². The average Bonchev–Trinajstić information content (AvgIpc) is 3.20. The smallest absolute Gasteiger partial charge is 0.262 e. The monoisotopic (exact) mass is 534 g/mol. The summed E-state index contributed by atoms with van der Waals surface area (Å²) in [6.45, 7) is 7.17. The summed E-state index contributed by atoms with van der Waals surface area (Å²) in [5.41, 5.74) is 1.86. The number of hydrogen-bond acceptors (Lipinski definition) is 6. The number of likely N-dealkylation sites (tertiary alicyclic amines) is 2. The van der Waals surface area contributed by atoms with Gasteiger partial charge in [-0.2, -0.15) is 0 Å².